The van der Waals surface area contributed by atoms with E-state index in [9.17, 15) is 5.11 Å². The molecule has 0 aliphatic heterocycles. The van der Waals surface area contributed by atoms with E-state index in [-0.39, 0.29) is 0 Å². The van der Waals surface area contributed by atoms with Crippen molar-refractivity contribution in [3.63, 3.8) is 0 Å². The number of nitrogens with two attached hydrogens (primary N) is 2. The monoisotopic (exact) mass is 222 g/mol. The Kier molecular flexibility index (Phi) is 4.77. The van der Waals surface area contributed by atoms with E-state index in [1.165, 1.54) is 5.56 Å². The predicted molar refractivity (Wildman–Crippen MR) is 67.5 cm³/mol. The van der Waals surface area contributed by atoms with Crippen LogP contribution >= 0.6 is 0 Å². The van der Waals surface area contributed by atoms with E-state index < -0.39 is 0 Å². The van der Waals surface area contributed by atoms with Crippen LogP contribution < -0.4 is 11.5 Å². The molecule has 3 nitrogen and oxygen atoms in total. The molecule has 0 amide bonds. The number of rotatable bonds is 5. The highest BCUT2D eigenvalue weighted by atomic mass is 16.3. The molecule has 0 spiro atoms. The molecule has 0 bridgehead atoms. The Morgan fingerprint density at radius 1 is 1.12 bits per heavy atom. The summed E-state index contributed by atoms with van der Waals surface area (Å²) in [5.41, 5.74) is 14.9. The molecule has 5 N–H and O–H groups in total. The smallest absolute Gasteiger partial charge is 0.116 e. The molecule has 1 rings (SSSR count). The van der Waals surface area contributed by atoms with Gasteiger partial charge in [-0.05, 0) is 74.5 Å². The molecule has 0 aliphatic carbocycles. The fraction of sp³-hybridized carbons (Fsp3) is 0.538. The van der Waals surface area contributed by atoms with Gasteiger partial charge in [0.25, 0.3) is 0 Å². The molecule has 0 heterocycles. The SMILES string of the molecule is Cc1cc(O)cc(C)c1CCC(CN)CN. The van der Waals surface area contributed by atoms with Gasteiger partial charge >= 0.3 is 0 Å². The third kappa shape index (κ3) is 3.22. The molecule has 0 atom stereocenters. The van der Waals surface area contributed by atoms with Gasteiger partial charge < -0.3 is 16.6 Å². The summed E-state index contributed by atoms with van der Waals surface area (Å²) in [5.74, 6) is 0.737. The number of aromatic hydroxyl groups is 1. The average molecular weight is 222 g/mol. The van der Waals surface area contributed by atoms with Crippen LogP contribution in [-0.4, -0.2) is 18.2 Å². The summed E-state index contributed by atoms with van der Waals surface area (Å²) in [6, 6.07) is 3.62. The van der Waals surface area contributed by atoms with Crippen molar-refractivity contribution < 1.29 is 5.11 Å². The molecule has 0 aliphatic rings. The minimum atomic E-state index is 0.341. The Hall–Kier alpha value is -1.06. The predicted octanol–water partition coefficient (Wildman–Crippen LogP) is 1.48. The second kappa shape index (κ2) is 5.87. The number of hydrogen-bond acceptors (Lipinski definition) is 3. The van der Waals surface area contributed by atoms with Crippen molar-refractivity contribution in [1.82, 2.24) is 0 Å². The lowest BCUT2D eigenvalue weighted by Crippen LogP contribution is -2.23. The van der Waals surface area contributed by atoms with Crippen molar-refractivity contribution in [2.24, 2.45) is 17.4 Å². The first kappa shape index (κ1) is 13.0. The van der Waals surface area contributed by atoms with Gasteiger partial charge in [0.2, 0.25) is 0 Å². The summed E-state index contributed by atoms with van der Waals surface area (Å²) in [5, 5.41) is 9.45. The fourth-order valence-corrected chi connectivity index (χ4v) is 2.05. The highest BCUT2D eigenvalue weighted by Crippen LogP contribution is 2.22. The van der Waals surface area contributed by atoms with Gasteiger partial charge in [0.1, 0.15) is 5.75 Å². The van der Waals surface area contributed by atoms with Crippen molar-refractivity contribution in [3.05, 3.63) is 28.8 Å². The summed E-state index contributed by atoms with van der Waals surface area (Å²) >= 11 is 0. The van der Waals surface area contributed by atoms with Crippen molar-refractivity contribution >= 4 is 0 Å². The minimum Gasteiger partial charge on any atom is -0.508 e. The number of phenols is 1. The van der Waals surface area contributed by atoms with Gasteiger partial charge in [-0.3, -0.25) is 0 Å². The lowest BCUT2D eigenvalue weighted by Gasteiger charge is -2.15. The van der Waals surface area contributed by atoms with Crippen molar-refractivity contribution in [2.75, 3.05) is 13.1 Å². The molecule has 1 aromatic carbocycles. The molecule has 16 heavy (non-hydrogen) atoms. The second-order valence-corrected chi connectivity index (χ2v) is 4.43. The van der Waals surface area contributed by atoms with E-state index in [1.54, 1.807) is 0 Å². The van der Waals surface area contributed by atoms with Gasteiger partial charge in [0.05, 0.1) is 0 Å². The quantitative estimate of drug-likeness (QED) is 0.706. The largest absolute Gasteiger partial charge is 0.508 e. The fourth-order valence-electron chi connectivity index (χ4n) is 2.05. The van der Waals surface area contributed by atoms with E-state index in [0.29, 0.717) is 24.8 Å². The zero-order chi connectivity index (χ0) is 12.1. The Morgan fingerprint density at radius 2 is 1.62 bits per heavy atom. The normalized spacial score (nSPS) is 11.1. The summed E-state index contributed by atoms with van der Waals surface area (Å²) in [6.45, 7) is 5.35. The second-order valence-electron chi connectivity index (χ2n) is 4.43. The highest BCUT2D eigenvalue weighted by Gasteiger charge is 2.08. The number of phenolic OH excluding ortho intramolecular Hbond substituents is 1. The number of hydrogen-bond donors (Lipinski definition) is 3. The highest BCUT2D eigenvalue weighted by molar-refractivity contribution is 5.40. The molecule has 90 valence electrons. The van der Waals surface area contributed by atoms with Crippen LogP contribution in [0.1, 0.15) is 23.1 Å². The maximum atomic E-state index is 9.45. The van der Waals surface area contributed by atoms with Crippen LogP contribution in [0.4, 0.5) is 0 Å². The molecule has 0 saturated carbocycles. The van der Waals surface area contributed by atoms with Crippen LogP contribution in [0.15, 0.2) is 12.1 Å². The van der Waals surface area contributed by atoms with Crippen LogP contribution in [0.3, 0.4) is 0 Å². The van der Waals surface area contributed by atoms with Crippen molar-refractivity contribution in [3.8, 4) is 5.75 Å². The first-order chi connectivity index (χ1) is 7.58. The third-order valence-electron chi connectivity index (χ3n) is 3.15. The van der Waals surface area contributed by atoms with Gasteiger partial charge in [-0.2, -0.15) is 0 Å². The van der Waals surface area contributed by atoms with Crippen LogP contribution in [0.2, 0.25) is 0 Å². The third-order valence-corrected chi connectivity index (χ3v) is 3.15. The zero-order valence-corrected chi connectivity index (χ0v) is 10.2. The van der Waals surface area contributed by atoms with E-state index in [1.807, 2.05) is 26.0 Å². The summed E-state index contributed by atoms with van der Waals surface area (Å²) < 4.78 is 0. The average Bonchev–Trinajstić information content (AvgIpc) is 2.22. The summed E-state index contributed by atoms with van der Waals surface area (Å²) in [6.07, 6.45) is 2.00. The van der Waals surface area contributed by atoms with Crippen LogP contribution in [-0.2, 0) is 6.42 Å². The van der Waals surface area contributed by atoms with Gasteiger partial charge in [-0.1, -0.05) is 0 Å². The lowest BCUT2D eigenvalue weighted by molar-refractivity contribution is 0.473. The topological polar surface area (TPSA) is 72.3 Å². The number of benzene rings is 1. The van der Waals surface area contributed by atoms with Crippen molar-refractivity contribution in [1.29, 1.82) is 0 Å². The van der Waals surface area contributed by atoms with Gasteiger partial charge in [0.15, 0.2) is 0 Å². The maximum Gasteiger partial charge on any atom is 0.116 e. The first-order valence-electron chi connectivity index (χ1n) is 5.77. The van der Waals surface area contributed by atoms with Crippen molar-refractivity contribution in [2.45, 2.75) is 26.7 Å². The Balaban J connectivity index is 2.74. The van der Waals surface area contributed by atoms with Gasteiger partial charge in [-0.25, -0.2) is 0 Å². The Bertz CT molecular complexity index is 323. The van der Waals surface area contributed by atoms with E-state index >= 15 is 0 Å². The van der Waals surface area contributed by atoms with Crippen LogP contribution in [0, 0.1) is 19.8 Å². The zero-order valence-electron chi connectivity index (χ0n) is 10.2. The maximum absolute atomic E-state index is 9.45. The standard InChI is InChI=1S/C13H22N2O/c1-9-5-12(16)6-10(2)13(9)4-3-11(7-14)8-15/h5-6,11,16H,3-4,7-8,14-15H2,1-2H3. The molecular formula is C13H22N2O. The Labute approximate surface area is 97.5 Å². The Morgan fingerprint density at radius 3 is 2.06 bits per heavy atom. The minimum absolute atomic E-state index is 0.341. The number of aryl methyl sites for hydroxylation is 2. The molecule has 0 fully saturated rings. The van der Waals surface area contributed by atoms with Crippen LogP contribution in [0.5, 0.6) is 5.75 Å². The molecule has 0 saturated heterocycles. The molecular weight excluding hydrogens is 200 g/mol. The van der Waals surface area contributed by atoms with Gasteiger partial charge in [-0.15, -0.1) is 0 Å². The van der Waals surface area contributed by atoms with E-state index in [2.05, 4.69) is 0 Å². The van der Waals surface area contributed by atoms with Crippen LogP contribution in [0.25, 0.3) is 0 Å². The molecule has 1 aromatic rings. The molecule has 3 heteroatoms. The molecule has 0 unspecified atom stereocenters. The van der Waals surface area contributed by atoms with E-state index in [0.717, 1.165) is 24.0 Å². The molecule has 0 radical (unpaired) electrons. The summed E-state index contributed by atoms with van der Waals surface area (Å²) in [7, 11) is 0. The molecule has 0 aromatic heterocycles. The first-order valence-corrected chi connectivity index (χ1v) is 5.77. The lowest BCUT2D eigenvalue weighted by atomic mass is 9.93. The summed E-state index contributed by atoms with van der Waals surface area (Å²) in [4.78, 5) is 0. The van der Waals surface area contributed by atoms with Gasteiger partial charge in [0, 0.05) is 0 Å². The van der Waals surface area contributed by atoms with E-state index in [4.69, 9.17) is 11.5 Å².